The van der Waals surface area contributed by atoms with E-state index >= 15 is 0 Å². The molecule has 4 nitrogen and oxygen atoms in total. The third kappa shape index (κ3) is 2.96. The zero-order chi connectivity index (χ0) is 14.0. The molecule has 0 radical (unpaired) electrons. The van der Waals surface area contributed by atoms with Crippen molar-refractivity contribution in [3.05, 3.63) is 46.9 Å². The molecule has 0 unspecified atom stereocenters. The fourth-order valence-electron chi connectivity index (χ4n) is 1.70. The van der Waals surface area contributed by atoms with E-state index in [1.54, 1.807) is 13.8 Å². The van der Waals surface area contributed by atoms with Gasteiger partial charge >= 0.3 is 0 Å². The van der Waals surface area contributed by atoms with Gasteiger partial charge in [0.1, 0.15) is 17.4 Å². The van der Waals surface area contributed by atoms with Crippen molar-refractivity contribution in [1.29, 1.82) is 0 Å². The van der Waals surface area contributed by atoms with Gasteiger partial charge in [0.2, 0.25) is 5.91 Å². The summed E-state index contributed by atoms with van der Waals surface area (Å²) in [6, 6.07) is 2.97. The predicted molar refractivity (Wildman–Crippen MR) is 64.7 cm³/mol. The first kappa shape index (κ1) is 13.2. The van der Waals surface area contributed by atoms with Crippen molar-refractivity contribution in [3.8, 4) is 0 Å². The molecule has 0 aliphatic rings. The summed E-state index contributed by atoms with van der Waals surface area (Å²) in [7, 11) is 0. The van der Waals surface area contributed by atoms with Crippen LogP contribution < -0.4 is 5.32 Å². The Morgan fingerprint density at radius 3 is 2.68 bits per heavy atom. The average molecular weight is 266 g/mol. The van der Waals surface area contributed by atoms with Gasteiger partial charge in [0.15, 0.2) is 0 Å². The third-order valence-electron chi connectivity index (χ3n) is 2.72. The Labute approximate surface area is 108 Å². The van der Waals surface area contributed by atoms with Crippen LogP contribution in [-0.2, 0) is 11.2 Å². The molecule has 0 aliphatic heterocycles. The van der Waals surface area contributed by atoms with E-state index in [2.05, 4.69) is 10.5 Å². The summed E-state index contributed by atoms with van der Waals surface area (Å²) in [6.45, 7) is 3.42. The van der Waals surface area contributed by atoms with Crippen LogP contribution in [0.25, 0.3) is 0 Å². The van der Waals surface area contributed by atoms with E-state index < -0.39 is 17.5 Å². The van der Waals surface area contributed by atoms with Gasteiger partial charge in [-0.2, -0.15) is 0 Å². The van der Waals surface area contributed by atoms with Crippen LogP contribution in [0.1, 0.15) is 17.0 Å². The third-order valence-corrected chi connectivity index (χ3v) is 2.72. The second kappa shape index (κ2) is 5.17. The van der Waals surface area contributed by atoms with Crippen molar-refractivity contribution < 1.29 is 18.1 Å². The zero-order valence-electron chi connectivity index (χ0n) is 10.5. The highest BCUT2D eigenvalue weighted by atomic mass is 19.1. The van der Waals surface area contributed by atoms with Gasteiger partial charge in [0.05, 0.1) is 17.8 Å². The van der Waals surface area contributed by atoms with Gasteiger partial charge < -0.3 is 9.84 Å². The standard InChI is InChI=1S/C13H12F2N2O2/c1-7-10(8(2)19-17-7)6-13(18)16-12-4-3-9(14)5-11(12)15/h3-5H,6H2,1-2H3,(H,16,18). The van der Waals surface area contributed by atoms with Crippen molar-refractivity contribution in [3.63, 3.8) is 0 Å². The van der Waals surface area contributed by atoms with Gasteiger partial charge in [-0.1, -0.05) is 5.16 Å². The highest BCUT2D eigenvalue weighted by Gasteiger charge is 2.14. The van der Waals surface area contributed by atoms with Crippen LogP contribution in [0.5, 0.6) is 0 Å². The number of amides is 1. The Morgan fingerprint density at radius 2 is 2.11 bits per heavy atom. The molecule has 0 spiro atoms. The molecule has 1 aromatic carbocycles. The monoisotopic (exact) mass is 266 g/mol. The molecule has 1 aromatic heterocycles. The van der Waals surface area contributed by atoms with Crippen LogP contribution >= 0.6 is 0 Å². The molecule has 6 heteroatoms. The van der Waals surface area contributed by atoms with E-state index in [4.69, 9.17) is 4.52 Å². The maximum atomic E-state index is 13.4. The lowest BCUT2D eigenvalue weighted by Crippen LogP contribution is -2.16. The minimum Gasteiger partial charge on any atom is -0.361 e. The number of rotatable bonds is 3. The number of hydrogen-bond acceptors (Lipinski definition) is 3. The second-order valence-electron chi connectivity index (χ2n) is 4.15. The van der Waals surface area contributed by atoms with E-state index in [9.17, 15) is 13.6 Å². The average Bonchev–Trinajstić information content (AvgIpc) is 2.65. The van der Waals surface area contributed by atoms with Gasteiger partial charge in [0, 0.05) is 11.6 Å². The molecule has 0 fully saturated rings. The molecule has 0 atom stereocenters. The van der Waals surface area contributed by atoms with Crippen molar-refractivity contribution in [2.45, 2.75) is 20.3 Å². The van der Waals surface area contributed by atoms with Gasteiger partial charge in [-0.05, 0) is 26.0 Å². The number of halogens is 2. The molecule has 2 rings (SSSR count). The number of aromatic nitrogens is 1. The molecule has 19 heavy (non-hydrogen) atoms. The lowest BCUT2D eigenvalue weighted by Gasteiger charge is -2.06. The van der Waals surface area contributed by atoms with E-state index in [1.807, 2.05) is 0 Å². The summed E-state index contributed by atoms with van der Waals surface area (Å²) < 4.78 is 31.0. The van der Waals surface area contributed by atoms with E-state index in [1.165, 1.54) is 6.07 Å². The minimum absolute atomic E-state index is 0.0258. The molecule has 1 N–H and O–H groups in total. The van der Waals surface area contributed by atoms with Crippen molar-refractivity contribution in [2.75, 3.05) is 5.32 Å². The summed E-state index contributed by atoms with van der Waals surface area (Å²) in [5.41, 5.74) is 1.23. The Balaban J connectivity index is 2.10. The Bertz CT molecular complexity index is 604. The molecule has 2 aromatic rings. The van der Waals surface area contributed by atoms with E-state index in [0.29, 0.717) is 23.1 Å². The molecule has 1 heterocycles. The number of carbonyl (C=O) groups is 1. The summed E-state index contributed by atoms with van der Waals surface area (Å²) in [5.74, 6) is -1.37. The summed E-state index contributed by atoms with van der Waals surface area (Å²) >= 11 is 0. The molecule has 0 aliphatic carbocycles. The molecule has 0 bridgehead atoms. The summed E-state index contributed by atoms with van der Waals surface area (Å²) in [6.07, 6.45) is 0.0258. The van der Waals surface area contributed by atoms with Gasteiger partial charge in [0.25, 0.3) is 0 Å². The van der Waals surface area contributed by atoms with Crippen LogP contribution in [0.15, 0.2) is 22.7 Å². The fraction of sp³-hybridized carbons (Fsp3) is 0.231. The van der Waals surface area contributed by atoms with Crippen LogP contribution in [0, 0.1) is 25.5 Å². The number of benzene rings is 1. The van der Waals surface area contributed by atoms with Gasteiger partial charge in [-0.15, -0.1) is 0 Å². The summed E-state index contributed by atoms with van der Waals surface area (Å²) in [5, 5.41) is 6.11. The largest absolute Gasteiger partial charge is 0.361 e. The SMILES string of the molecule is Cc1noc(C)c1CC(=O)Nc1ccc(F)cc1F. The van der Waals surface area contributed by atoms with Crippen LogP contribution in [0.3, 0.4) is 0 Å². The predicted octanol–water partition coefficient (Wildman–Crippen LogP) is 2.75. The zero-order valence-corrected chi connectivity index (χ0v) is 10.5. The topological polar surface area (TPSA) is 55.1 Å². The minimum atomic E-state index is -0.813. The van der Waals surface area contributed by atoms with Crippen molar-refractivity contribution >= 4 is 11.6 Å². The quantitative estimate of drug-likeness (QED) is 0.929. The summed E-state index contributed by atoms with van der Waals surface area (Å²) in [4.78, 5) is 11.8. The van der Waals surface area contributed by atoms with Crippen molar-refractivity contribution in [2.24, 2.45) is 0 Å². The smallest absolute Gasteiger partial charge is 0.229 e. The maximum Gasteiger partial charge on any atom is 0.229 e. The highest BCUT2D eigenvalue weighted by molar-refractivity contribution is 5.92. The van der Waals surface area contributed by atoms with Crippen LogP contribution in [0.4, 0.5) is 14.5 Å². The first-order valence-electron chi connectivity index (χ1n) is 5.64. The fourth-order valence-corrected chi connectivity index (χ4v) is 1.70. The number of carbonyl (C=O) groups excluding carboxylic acids is 1. The first-order chi connectivity index (χ1) is 8.97. The molecule has 100 valence electrons. The number of nitrogens with one attached hydrogen (secondary N) is 1. The highest BCUT2D eigenvalue weighted by Crippen LogP contribution is 2.17. The lowest BCUT2D eigenvalue weighted by atomic mass is 10.1. The lowest BCUT2D eigenvalue weighted by molar-refractivity contribution is -0.115. The van der Waals surface area contributed by atoms with E-state index in [0.717, 1.165) is 6.07 Å². The molecule has 1 amide bonds. The molecule has 0 saturated carbocycles. The Morgan fingerprint density at radius 1 is 1.37 bits per heavy atom. The second-order valence-corrected chi connectivity index (χ2v) is 4.15. The number of nitrogens with zero attached hydrogens (tertiary/aromatic N) is 1. The number of aryl methyl sites for hydroxylation is 2. The van der Waals surface area contributed by atoms with Gasteiger partial charge in [-0.25, -0.2) is 8.78 Å². The molecular weight excluding hydrogens is 254 g/mol. The van der Waals surface area contributed by atoms with E-state index in [-0.39, 0.29) is 12.1 Å². The number of hydrogen-bond donors (Lipinski definition) is 1. The maximum absolute atomic E-state index is 13.4. The Kier molecular flexibility index (Phi) is 3.59. The normalized spacial score (nSPS) is 10.5. The molecule has 0 saturated heterocycles. The van der Waals surface area contributed by atoms with Crippen molar-refractivity contribution in [1.82, 2.24) is 5.16 Å². The first-order valence-corrected chi connectivity index (χ1v) is 5.64. The van der Waals surface area contributed by atoms with Crippen LogP contribution in [-0.4, -0.2) is 11.1 Å². The number of anilines is 1. The Hall–Kier alpha value is -2.24. The van der Waals surface area contributed by atoms with Crippen LogP contribution in [0.2, 0.25) is 0 Å². The van der Waals surface area contributed by atoms with Gasteiger partial charge in [-0.3, -0.25) is 4.79 Å². The molecular formula is C13H12F2N2O2.